The summed E-state index contributed by atoms with van der Waals surface area (Å²) in [7, 11) is -4.46. The van der Waals surface area contributed by atoms with Crippen LogP contribution in [0.2, 0.25) is 0 Å². The minimum absolute atomic E-state index is 0.399. The zero-order valence-corrected chi connectivity index (χ0v) is 9.13. The Labute approximate surface area is 89.3 Å². The summed E-state index contributed by atoms with van der Waals surface area (Å²) in [6.07, 6.45) is 2.95. The molecule has 1 aromatic carbocycles. The van der Waals surface area contributed by atoms with Gasteiger partial charge in [-0.25, -0.2) is 0 Å². The lowest BCUT2D eigenvalue weighted by molar-refractivity contribution is 0.527. The van der Waals surface area contributed by atoms with Crippen LogP contribution < -0.4 is 0 Å². The molecular formula is C11H13FO2S. The van der Waals surface area contributed by atoms with Crippen molar-refractivity contribution >= 4 is 10.2 Å². The Morgan fingerprint density at radius 2 is 1.93 bits per heavy atom. The molecule has 0 N–H and O–H groups in total. The fourth-order valence-corrected chi connectivity index (χ4v) is 3.15. The van der Waals surface area contributed by atoms with E-state index in [1.54, 1.807) is 12.1 Å². The number of rotatable bonds is 1. The molecule has 0 aliphatic heterocycles. The summed E-state index contributed by atoms with van der Waals surface area (Å²) >= 11 is 0. The number of halogens is 1. The largest absolute Gasteiger partial charge is 0.309 e. The molecule has 0 radical (unpaired) electrons. The molecule has 4 heteroatoms. The molecule has 82 valence electrons. The molecule has 15 heavy (non-hydrogen) atoms. The summed E-state index contributed by atoms with van der Waals surface area (Å²) in [5.74, 6) is 0. The van der Waals surface area contributed by atoms with Gasteiger partial charge in [-0.2, -0.15) is 8.42 Å². The van der Waals surface area contributed by atoms with Crippen molar-refractivity contribution in [3.63, 3.8) is 0 Å². The van der Waals surface area contributed by atoms with Crippen LogP contribution in [0.1, 0.15) is 35.6 Å². The zero-order chi connectivity index (χ0) is 10.9. The number of fused-ring (bicyclic) bond motifs is 1. The molecule has 0 spiro atoms. The number of aryl methyl sites for hydroxylation is 1. The Morgan fingerprint density at radius 1 is 1.20 bits per heavy atom. The Bertz CT molecular complexity index is 453. The molecule has 0 amide bonds. The SMILES string of the molecule is O=S(=O)(F)C1CCCCc2ccccc21. The molecule has 0 bridgehead atoms. The number of benzene rings is 1. The first kappa shape index (κ1) is 10.6. The van der Waals surface area contributed by atoms with E-state index in [-0.39, 0.29) is 0 Å². The van der Waals surface area contributed by atoms with Crippen molar-refractivity contribution in [3.05, 3.63) is 35.4 Å². The predicted molar refractivity (Wildman–Crippen MR) is 56.8 cm³/mol. The Kier molecular flexibility index (Phi) is 2.78. The minimum Gasteiger partial charge on any atom is -0.194 e. The fourth-order valence-electron chi connectivity index (χ4n) is 2.17. The van der Waals surface area contributed by atoms with Crippen molar-refractivity contribution in [2.24, 2.45) is 0 Å². The third-order valence-corrected chi connectivity index (χ3v) is 4.07. The first-order chi connectivity index (χ1) is 7.09. The van der Waals surface area contributed by atoms with Crippen LogP contribution >= 0.6 is 0 Å². The molecule has 1 aliphatic carbocycles. The van der Waals surface area contributed by atoms with E-state index in [0.717, 1.165) is 24.8 Å². The standard InChI is InChI=1S/C11H13FO2S/c12-15(13,14)11-8-4-2-6-9-5-1-3-7-10(9)11/h1,3,5,7,11H,2,4,6,8H2. The highest BCUT2D eigenvalue weighted by molar-refractivity contribution is 7.86. The molecule has 1 unspecified atom stereocenters. The summed E-state index contributed by atoms with van der Waals surface area (Å²) < 4.78 is 35.2. The predicted octanol–water partition coefficient (Wildman–Crippen LogP) is 2.75. The van der Waals surface area contributed by atoms with Crippen molar-refractivity contribution in [1.82, 2.24) is 0 Å². The third-order valence-electron chi connectivity index (χ3n) is 2.90. The highest BCUT2D eigenvalue weighted by Crippen LogP contribution is 2.35. The van der Waals surface area contributed by atoms with E-state index in [1.165, 1.54) is 0 Å². The maximum absolute atomic E-state index is 13.1. The normalized spacial score (nSPS) is 21.8. The lowest BCUT2D eigenvalue weighted by atomic mass is 10.0. The monoisotopic (exact) mass is 228 g/mol. The Morgan fingerprint density at radius 3 is 2.67 bits per heavy atom. The van der Waals surface area contributed by atoms with Crippen molar-refractivity contribution in [2.45, 2.75) is 30.9 Å². The minimum atomic E-state index is -4.46. The first-order valence-electron chi connectivity index (χ1n) is 5.10. The van der Waals surface area contributed by atoms with E-state index in [9.17, 15) is 12.3 Å². The van der Waals surface area contributed by atoms with Crippen LogP contribution in [0, 0.1) is 0 Å². The summed E-state index contributed by atoms with van der Waals surface area (Å²) in [5, 5.41) is -0.948. The maximum Gasteiger partial charge on any atom is 0.309 e. The van der Waals surface area contributed by atoms with Gasteiger partial charge in [-0.1, -0.05) is 30.7 Å². The van der Waals surface area contributed by atoms with Gasteiger partial charge < -0.3 is 0 Å². The van der Waals surface area contributed by atoms with Gasteiger partial charge in [0.1, 0.15) is 5.25 Å². The van der Waals surface area contributed by atoms with E-state index in [0.29, 0.717) is 12.0 Å². The van der Waals surface area contributed by atoms with Crippen molar-refractivity contribution in [1.29, 1.82) is 0 Å². The number of hydrogen-bond donors (Lipinski definition) is 0. The smallest absolute Gasteiger partial charge is 0.194 e. The molecule has 2 rings (SSSR count). The van der Waals surface area contributed by atoms with E-state index >= 15 is 0 Å². The summed E-state index contributed by atoms with van der Waals surface area (Å²) in [4.78, 5) is 0. The zero-order valence-electron chi connectivity index (χ0n) is 8.32. The molecule has 1 atom stereocenters. The average Bonchev–Trinajstić information content (AvgIpc) is 2.38. The highest BCUT2D eigenvalue weighted by atomic mass is 32.3. The van der Waals surface area contributed by atoms with Gasteiger partial charge in [-0.15, -0.1) is 3.89 Å². The van der Waals surface area contributed by atoms with Crippen molar-refractivity contribution in [3.8, 4) is 0 Å². The van der Waals surface area contributed by atoms with Crippen LogP contribution in [0.3, 0.4) is 0 Å². The van der Waals surface area contributed by atoms with Gasteiger partial charge in [0.2, 0.25) is 0 Å². The molecular weight excluding hydrogens is 215 g/mol. The second-order valence-electron chi connectivity index (χ2n) is 3.91. The van der Waals surface area contributed by atoms with Gasteiger partial charge in [0.25, 0.3) is 0 Å². The quantitative estimate of drug-likeness (QED) is 0.547. The van der Waals surface area contributed by atoms with Crippen LogP contribution in [0.4, 0.5) is 3.89 Å². The molecule has 0 fully saturated rings. The third kappa shape index (κ3) is 2.20. The van der Waals surface area contributed by atoms with E-state index in [1.807, 2.05) is 12.1 Å². The molecule has 0 heterocycles. The van der Waals surface area contributed by atoms with Gasteiger partial charge in [0.15, 0.2) is 0 Å². The van der Waals surface area contributed by atoms with Crippen LogP contribution in [-0.2, 0) is 16.6 Å². The highest BCUT2D eigenvalue weighted by Gasteiger charge is 2.29. The number of hydrogen-bond acceptors (Lipinski definition) is 2. The summed E-state index contributed by atoms with van der Waals surface area (Å²) in [5.41, 5.74) is 1.62. The lowest BCUT2D eigenvalue weighted by Gasteiger charge is -2.12. The molecule has 0 saturated carbocycles. The lowest BCUT2D eigenvalue weighted by Crippen LogP contribution is -2.08. The molecule has 1 aromatic rings. The summed E-state index contributed by atoms with van der Waals surface area (Å²) in [6, 6.07) is 7.25. The van der Waals surface area contributed by atoms with Gasteiger partial charge in [-0.3, -0.25) is 0 Å². The second-order valence-corrected chi connectivity index (χ2v) is 5.43. The fraction of sp³-hybridized carbons (Fsp3) is 0.455. The summed E-state index contributed by atoms with van der Waals surface area (Å²) in [6.45, 7) is 0. The van der Waals surface area contributed by atoms with Gasteiger partial charge in [0.05, 0.1) is 0 Å². The van der Waals surface area contributed by atoms with E-state index in [2.05, 4.69) is 0 Å². The van der Waals surface area contributed by atoms with Gasteiger partial charge >= 0.3 is 10.2 Å². The molecule has 0 saturated heterocycles. The first-order valence-corrected chi connectivity index (χ1v) is 6.55. The molecule has 1 aliphatic rings. The van der Waals surface area contributed by atoms with Crippen molar-refractivity contribution in [2.75, 3.05) is 0 Å². The Balaban J connectivity index is 2.51. The topological polar surface area (TPSA) is 34.1 Å². The van der Waals surface area contributed by atoms with E-state index in [4.69, 9.17) is 0 Å². The van der Waals surface area contributed by atoms with Gasteiger partial charge in [0, 0.05) is 0 Å². The second kappa shape index (κ2) is 3.93. The molecule has 0 aromatic heterocycles. The van der Waals surface area contributed by atoms with Crippen LogP contribution in [0.5, 0.6) is 0 Å². The maximum atomic E-state index is 13.1. The van der Waals surface area contributed by atoms with Crippen molar-refractivity contribution < 1.29 is 12.3 Å². The van der Waals surface area contributed by atoms with Gasteiger partial charge in [-0.05, 0) is 30.4 Å². The average molecular weight is 228 g/mol. The Hall–Kier alpha value is -0.900. The van der Waals surface area contributed by atoms with Crippen LogP contribution in [-0.4, -0.2) is 8.42 Å². The van der Waals surface area contributed by atoms with E-state index < -0.39 is 15.5 Å². The van der Waals surface area contributed by atoms with Crippen LogP contribution in [0.25, 0.3) is 0 Å². The van der Waals surface area contributed by atoms with Crippen LogP contribution in [0.15, 0.2) is 24.3 Å². The molecule has 2 nitrogen and oxygen atoms in total.